The molecule has 0 aliphatic carbocycles. The van der Waals surface area contributed by atoms with Crippen molar-refractivity contribution in [2.45, 2.75) is 13.3 Å². The number of aromatic carboxylic acids is 1. The summed E-state index contributed by atoms with van der Waals surface area (Å²) in [5.74, 6) is -0.892. The van der Waals surface area contributed by atoms with Gasteiger partial charge in [0.15, 0.2) is 0 Å². The van der Waals surface area contributed by atoms with Crippen molar-refractivity contribution < 1.29 is 9.90 Å². The molecule has 1 aromatic heterocycles. The van der Waals surface area contributed by atoms with E-state index in [2.05, 4.69) is 4.37 Å². The number of nitrogens with zero attached hydrogens (tertiary/aromatic N) is 1. The van der Waals surface area contributed by atoms with E-state index in [-0.39, 0.29) is 0 Å². The summed E-state index contributed by atoms with van der Waals surface area (Å²) in [6.07, 6.45) is 0.683. The summed E-state index contributed by atoms with van der Waals surface area (Å²) in [6.45, 7) is 1.95. The maximum Gasteiger partial charge on any atom is 0.347 e. The number of aromatic nitrogens is 1. The molecule has 0 aliphatic heterocycles. The van der Waals surface area contributed by atoms with Crippen molar-refractivity contribution in [3.05, 3.63) is 40.8 Å². The van der Waals surface area contributed by atoms with E-state index < -0.39 is 5.97 Å². The van der Waals surface area contributed by atoms with Crippen LogP contribution in [-0.4, -0.2) is 15.4 Å². The number of hydrogen-bond acceptors (Lipinski definition) is 3. The maximum absolute atomic E-state index is 11.0. The first-order valence-electron chi connectivity index (χ1n) is 5.01. The van der Waals surface area contributed by atoms with Crippen LogP contribution in [-0.2, 0) is 6.42 Å². The van der Waals surface area contributed by atoms with Gasteiger partial charge in [0, 0.05) is 11.1 Å². The smallest absolute Gasteiger partial charge is 0.347 e. The fourth-order valence-electron chi connectivity index (χ4n) is 1.63. The number of rotatable bonds is 3. The quantitative estimate of drug-likeness (QED) is 0.886. The molecule has 0 amide bonds. The van der Waals surface area contributed by atoms with Crippen molar-refractivity contribution >= 4 is 17.5 Å². The monoisotopic (exact) mass is 233 g/mol. The Morgan fingerprint density at radius 2 is 2.06 bits per heavy atom. The second kappa shape index (κ2) is 4.45. The molecule has 0 aliphatic rings. The Hall–Kier alpha value is -1.68. The third-order valence-electron chi connectivity index (χ3n) is 2.38. The van der Waals surface area contributed by atoms with Crippen LogP contribution in [0.3, 0.4) is 0 Å². The Balaban J connectivity index is 2.54. The van der Waals surface area contributed by atoms with Gasteiger partial charge in [0.2, 0.25) is 0 Å². The van der Waals surface area contributed by atoms with Crippen LogP contribution in [0.1, 0.15) is 22.2 Å². The Kier molecular flexibility index (Phi) is 3.01. The summed E-state index contributed by atoms with van der Waals surface area (Å²) < 4.78 is 4.24. The van der Waals surface area contributed by atoms with Crippen LogP contribution in [0.2, 0.25) is 0 Å². The lowest BCUT2D eigenvalue weighted by Crippen LogP contribution is -1.97. The molecule has 1 aromatic carbocycles. The second-order valence-corrected chi connectivity index (χ2v) is 4.14. The molecular formula is C12H11NO2S. The minimum atomic E-state index is -0.892. The molecule has 0 bridgehead atoms. The van der Waals surface area contributed by atoms with Crippen molar-refractivity contribution in [3.63, 3.8) is 0 Å². The van der Waals surface area contributed by atoms with Crippen molar-refractivity contribution in [2.75, 3.05) is 0 Å². The number of carboxylic acid groups (broad SMARTS) is 1. The second-order valence-electron chi connectivity index (χ2n) is 3.36. The molecule has 2 aromatic rings. The topological polar surface area (TPSA) is 50.2 Å². The van der Waals surface area contributed by atoms with Gasteiger partial charge in [-0.3, -0.25) is 0 Å². The van der Waals surface area contributed by atoms with Gasteiger partial charge in [0.25, 0.3) is 0 Å². The summed E-state index contributed by atoms with van der Waals surface area (Å²) >= 11 is 1.05. The van der Waals surface area contributed by atoms with Gasteiger partial charge in [-0.05, 0) is 18.0 Å². The average Bonchev–Trinajstić information content (AvgIpc) is 2.73. The van der Waals surface area contributed by atoms with Crippen molar-refractivity contribution in [2.24, 2.45) is 0 Å². The predicted octanol–water partition coefficient (Wildman–Crippen LogP) is 3.07. The lowest BCUT2D eigenvalue weighted by atomic mass is 10.0. The third-order valence-corrected chi connectivity index (χ3v) is 3.26. The van der Waals surface area contributed by atoms with Crippen molar-refractivity contribution in [1.29, 1.82) is 0 Å². The Morgan fingerprint density at radius 1 is 1.38 bits per heavy atom. The molecule has 3 nitrogen and oxygen atoms in total. The zero-order valence-electron chi connectivity index (χ0n) is 8.80. The SMILES string of the molecule is CCc1c(-c2ccccc2)nsc1C(=O)O. The highest BCUT2D eigenvalue weighted by atomic mass is 32.1. The van der Waals surface area contributed by atoms with Gasteiger partial charge in [-0.1, -0.05) is 37.3 Å². The van der Waals surface area contributed by atoms with Crippen LogP contribution in [0.15, 0.2) is 30.3 Å². The van der Waals surface area contributed by atoms with Gasteiger partial charge >= 0.3 is 5.97 Å². The van der Waals surface area contributed by atoms with E-state index in [9.17, 15) is 4.79 Å². The number of hydrogen-bond donors (Lipinski definition) is 1. The first-order chi connectivity index (χ1) is 7.74. The molecule has 82 valence electrons. The standard InChI is InChI=1S/C12H11NO2S/c1-2-9-10(8-6-4-3-5-7-8)13-16-11(9)12(14)15/h3-7H,2H2,1H3,(H,14,15). The van der Waals surface area contributed by atoms with Gasteiger partial charge in [-0.25, -0.2) is 4.79 Å². The van der Waals surface area contributed by atoms with E-state index in [1.807, 2.05) is 37.3 Å². The van der Waals surface area contributed by atoms with Crippen LogP contribution in [0.25, 0.3) is 11.3 Å². The Bertz CT molecular complexity index is 505. The molecule has 1 N–H and O–H groups in total. The predicted molar refractivity (Wildman–Crippen MR) is 63.9 cm³/mol. The molecule has 0 spiro atoms. The summed E-state index contributed by atoms with van der Waals surface area (Å²) in [4.78, 5) is 11.3. The Morgan fingerprint density at radius 3 is 2.62 bits per heavy atom. The highest BCUT2D eigenvalue weighted by Gasteiger charge is 2.18. The molecule has 0 saturated heterocycles. The van der Waals surface area contributed by atoms with Gasteiger partial charge in [0.05, 0.1) is 5.69 Å². The fourth-order valence-corrected chi connectivity index (χ4v) is 2.46. The molecule has 2 rings (SSSR count). The van der Waals surface area contributed by atoms with E-state index in [0.29, 0.717) is 11.3 Å². The molecule has 1 heterocycles. The summed E-state index contributed by atoms with van der Waals surface area (Å²) in [5.41, 5.74) is 2.59. The van der Waals surface area contributed by atoms with Gasteiger partial charge in [-0.2, -0.15) is 4.37 Å². The molecule has 16 heavy (non-hydrogen) atoms. The van der Waals surface area contributed by atoms with E-state index in [4.69, 9.17) is 5.11 Å². The third kappa shape index (κ3) is 1.84. The van der Waals surface area contributed by atoms with E-state index in [0.717, 1.165) is 28.4 Å². The van der Waals surface area contributed by atoms with Crippen LogP contribution in [0.5, 0.6) is 0 Å². The molecule has 0 saturated carbocycles. The van der Waals surface area contributed by atoms with Gasteiger partial charge in [-0.15, -0.1) is 0 Å². The maximum atomic E-state index is 11.0. The van der Waals surface area contributed by atoms with E-state index in [1.165, 1.54) is 0 Å². The lowest BCUT2D eigenvalue weighted by Gasteiger charge is -2.00. The van der Waals surface area contributed by atoms with Crippen LogP contribution in [0.4, 0.5) is 0 Å². The summed E-state index contributed by atoms with van der Waals surface area (Å²) in [7, 11) is 0. The average molecular weight is 233 g/mol. The highest BCUT2D eigenvalue weighted by molar-refractivity contribution is 7.08. The zero-order chi connectivity index (χ0) is 11.5. The van der Waals surface area contributed by atoms with Crippen molar-refractivity contribution in [1.82, 2.24) is 4.37 Å². The minimum Gasteiger partial charge on any atom is -0.477 e. The van der Waals surface area contributed by atoms with Crippen LogP contribution < -0.4 is 0 Å². The number of benzene rings is 1. The van der Waals surface area contributed by atoms with E-state index >= 15 is 0 Å². The molecule has 4 heteroatoms. The number of carbonyl (C=O) groups is 1. The lowest BCUT2D eigenvalue weighted by molar-refractivity contribution is 0.0701. The van der Waals surface area contributed by atoms with E-state index in [1.54, 1.807) is 0 Å². The molecule has 0 unspecified atom stereocenters. The molecule has 0 fully saturated rings. The molecule has 0 atom stereocenters. The zero-order valence-corrected chi connectivity index (χ0v) is 9.62. The van der Waals surface area contributed by atoms with Gasteiger partial charge < -0.3 is 5.11 Å². The minimum absolute atomic E-state index is 0.348. The Labute approximate surface area is 97.5 Å². The summed E-state index contributed by atoms with van der Waals surface area (Å²) in [6, 6.07) is 9.67. The summed E-state index contributed by atoms with van der Waals surface area (Å²) in [5, 5.41) is 9.03. The van der Waals surface area contributed by atoms with Crippen LogP contribution in [0, 0.1) is 0 Å². The van der Waals surface area contributed by atoms with Crippen LogP contribution >= 0.6 is 11.5 Å². The molecular weight excluding hydrogens is 222 g/mol. The first kappa shape index (κ1) is 10.8. The van der Waals surface area contributed by atoms with Gasteiger partial charge in [0.1, 0.15) is 4.88 Å². The molecule has 0 radical (unpaired) electrons. The van der Waals surface area contributed by atoms with Crippen molar-refractivity contribution in [3.8, 4) is 11.3 Å². The normalized spacial score (nSPS) is 10.3. The number of carboxylic acids is 1. The first-order valence-corrected chi connectivity index (χ1v) is 5.78. The highest BCUT2D eigenvalue weighted by Crippen LogP contribution is 2.28. The largest absolute Gasteiger partial charge is 0.477 e. The fraction of sp³-hybridized carbons (Fsp3) is 0.167.